The van der Waals surface area contributed by atoms with Crippen LogP contribution in [0.5, 0.6) is 0 Å². The number of nitrogens with one attached hydrogen (secondary N) is 1. The van der Waals surface area contributed by atoms with Crippen molar-refractivity contribution < 1.29 is 14.7 Å². The molecule has 5 nitrogen and oxygen atoms in total. The normalized spacial score (nSPS) is 11.7. The highest BCUT2D eigenvalue weighted by atomic mass is 16.4. The van der Waals surface area contributed by atoms with Gasteiger partial charge < -0.3 is 16.2 Å². The molecule has 108 valence electrons. The van der Waals surface area contributed by atoms with Gasteiger partial charge in [-0.25, -0.2) is 4.79 Å². The van der Waals surface area contributed by atoms with Crippen LogP contribution >= 0.6 is 0 Å². The predicted molar refractivity (Wildman–Crippen MR) is 79.9 cm³/mol. The zero-order valence-electron chi connectivity index (χ0n) is 11.5. The number of hydrogen-bond acceptors (Lipinski definition) is 3. The van der Waals surface area contributed by atoms with E-state index in [1.165, 1.54) is 6.07 Å². The third kappa shape index (κ3) is 3.39. The number of carbonyl (C=O) groups excluding carboxylic acids is 1. The lowest BCUT2D eigenvalue weighted by Crippen LogP contribution is -2.33. The van der Waals surface area contributed by atoms with Crippen molar-refractivity contribution >= 4 is 17.6 Å². The summed E-state index contributed by atoms with van der Waals surface area (Å²) in [5.41, 5.74) is 7.97. The molecule has 4 N–H and O–H groups in total. The Hall–Kier alpha value is -2.82. The number of benzene rings is 2. The third-order valence-corrected chi connectivity index (χ3v) is 3.20. The van der Waals surface area contributed by atoms with Gasteiger partial charge in [0.1, 0.15) is 0 Å². The van der Waals surface area contributed by atoms with Crippen molar-refractivity contribution in [2.45, 2.75) is 13.0 Å². The quantitative estimate of drug-likeness (QED) is 0.750. The smallest absolute Gasteiger partial charge is 0.330 e. The maximum atomic E-state index is 12.2. The summed E-state index contributed by atoms with van der Waals surface area (Å²) < 4.78 is 0. The Balaban J connectivity index is 2.23. The van der Waals surface area contributed by atoms with Crippen LogP contribution in [0.3, 0.4) is 0 Å². The molecule has 5 heteroatoms. The number of aliphatic carboxylic acids is 1. The maximum absolute atomic E-state index is 12.2. The average molecular weight is 284 g/mol. The Morgan fingerprint density at radius 3 is 2.38 bits per heavy atom. The van der Waals surface area contributed by atoms with Gasteiger partial charge in [-0.15, -0.1) is 0 Å². The van der Waals surface area contributed by atoms with Gasteiger partial charge in [0.15, 0.2) is 6.04 Å². The van der Waals surface area contributed by atoms with E-state index in [9.17, 15) is 14.7 Å². The van der Waals surface area contributed by atoms with Crippen molar-refractivity contribution in [3.8, 4) is 0 Å². The summed E-state index contributed by atoms with van der Waals surface area (Å²) in [5, 5.41) is 11.8. The van der Waals surface area contributed by atoms with Crippen LogP contribution in [0.4, 0.5) is 5.69 Å². The Labute approximate surface area is 122 Å². The fourth-order valence-corrected chi connectivity index (χ4v) is 1.93. The van der Waals surface area contributed by atoms with E-state index in [1.54, 1.807) is 42.5 Å². The van der Waals surface area contributed by atoms with E-state index in [2.05, 4.69) is 5.32 Å². The first-order chi connectivity index (χ1) is 9.99. The molecule has 0 heterocycles. The minimum Gasteiger partial charge on any atom is -0.479 e. The van der Waals surface area contributed by atoms with E-state index in [0.717, 1.165) is 5.56 Å². The van der Waals surface area contributed by atoms with Crippen molar-refractivity contribution in [1.29, 1.82) is 0 Å². The highest BCUT2D eigenvalue weighted by molar-refractivity contribution is 5.97. The summed E-state index contributed by atoms with van der Waals surface area (Å²) in [5.74, 6) is -1.59. The summed E-state index contributed by atoms with van der Waals surface area (Å²) in [6.45, 7) is 1.83. The Morgan fingerprint density at radius 1 is 1.14 bits per heavy atom. The maximum Gasteiger partial charge on any atom is 0.330 e. The first-order valence-corrected chi connectivity index (χ1v) is 6.44. The van der Waals surface area contributed by atoms with Crippen LogP contribution < -0.4 is 11.1 Å². The second kappa shape index (κ2) is 6.09. The molecule has 0 bridgehead atoms. The minimum absolute atomic E-state index is 0.334. The molecular weight excluding hydrogens is 268 g/mol. The largest absolute Gasteiger partial charge is 0.479 e. The molecule has 0 radical (unpaired) electrons. The zero-order valence-corrected chi connectivity index (χ0v) is 11.5. The number of carbonyl (C=O) groups is 2. The van der Waals surface area contributed by atoms with Crippen molar-refractivity contribution in [2.75, 3.05) is 5.73 Å². The summed E-state index contributed by atoms with van der Waals surface area (Å²) in [7, 11) is 0. The second-order valence-electron chi connectivity index (χ2n) is 4.73. The summed E-state index contributed by atoms with van der Waals surface area (Å²) in [6.07, 6.45) is 0. The van der Waals surface area contributed by atoms with E-state index in [4.69, 9.17) is 5.73 Å². The van der Waals surface area contributed by atoms with E-state index in [-0.39, 0.29) is 0 Å². The zero-order chi connectivity index (χ0) is 15.4. The van der Waals surface area contributed by atoms with Gasteiger partial charge in [-0.1, -0.05) is 36.4 Å². The average Bonchev–Trinajstić information content (AvgIpc) is 2.48. The number of aryl methyl sites for hydroxylation is 1. The number of carboxylic acids is 1. The van der Waals surface area contributed by atoms with Crippen molar-refractivity contribution in [1.82, 2.24) is 5.32 Å². The van der Waals surface area contributed by atoms with Crippen LogP contribution in [0.2, 0.25) is 0 Å². The van der Waals surface area contributed by atoms with E-state index in [0.29, 0.717) is 16.8 Å². The Kier molecular flexibility index (Phi) is 4.23. The molecule has 0 saturated heterocycles. The Morgan fingerprint density at radius 2 is 1.81 bits per heavy atom. The lowest BCUT2D eigenvalue weighted by molar-refractivity contribution is -0.139. The number of carboxylic acid groups (broad SMARTS) is 1. The fourth-order valence-electron chi connectivity index (χ4n) is 1.93. The van der Waals surface area contributed by atoms with Gasteiger partial charge in [-0.05, 0) is 30.2 Å². The van der Waals surface area contributed by atoms with Crippen LogP contribution in [0.1, 0.15) is 27.5 Å². The molecule has 2 rings (SSSR count). The molecular formula is C16H16N2O3. The lowest BCUT2D eigenvalue weighted by Gasteiger charge is -2.15. The number of amides is 1. The molecule has 0 aromatic heterocycles. The summed E-state index contributed by atoms with van der Waals surface area (Å²) in [4.78, 5) is 23.5. The van der Waals surface area contributed by atoms with Crippen molar-refractivity contribution in [3.63, 3.8) is 0 Å². The third-order valence-electron chi connectivity index (χ3n) is 3.20. The molecule has 0 saturated carbocycles. The first-order valence-electron chi connectivity index (χ1n) is 6.44. The van der Waals surface area contributed by atoms with Gasteiger partial charge in [-0.3, -0.25) is 4.79 Å². The van der Waals surface area contributed by atoms with Crippen LogP contribution in [-0.4, -0.2) is 17.0 Å². The molecule has 0 aliphatic rings. The standard InChI is InChI=1S/C16H16N2O3/c1-10-7-8-12(9-13(10)17)15(19)18-14(16(20)21)11-5-3-2-4-6-11/h2-9,14H,17H2,1H3,(H,18,19)(H,20,21). The Bertz CT molecular complexity index is 668. The molecule has 2 aromatic carbocycles. The van der Waals surface area contributed by atoms with Crippen LogP contribution in [-0.2, 0) is 4.79 Å². The van der Waals surface area contributed by atoms with E-state index in [1.807, 2.05) is 6.92 Å². The van der Waals surface area contributed by atoms with Gasteiger partial charge in [0, 0.05) is 11.3 Å². The van der Waals surface area contributed by atoms with E-state index < -0.39 is 17.9 Å². The number of anilines is 1. The number of nitrogens with two attached hydrogens (primary N) is 1. The molecule has 0 spiro atoms. The second-order valence-corrected chi connectivity index (χ2v) is 4.73. The molecule has 0 fully saturated rings. The lowest BCUT2D eigenvalue weighted by atomic mass is 10.1. The monoisotopic (exact) mass is 284 g/mol. The molecule has 1 atom stereocenters. The molecule has 1 unspecified atom stereocenters. The van der Waals surface area contributed by atoms with Crippen LogP contribution in [0.15, 0.2) is 48.5 Å². The number of nitrogen functional groups attached to an aromatic ring is 1. The summed E-state index contributed by atoms with van der Waals surface area (Å²) in [6, 6.07) is 12.3. The van der Waals surface area contributed by atoms with Gasteiger partial charge in [0.2, 0.25) is 0 Å². The van der Waals surface area contributed by atoms with Crippen molar-refractivity contribution in [2.24, 2.45) is 0 Å². The van der Waals surface area contributed by atoms with Gasteiger partial charge in [0.05, 0.1) is 0 Å². The summed E-state index contributed by atoms with van der Waals surface area (Å²) >= 11 is 0. The van der Waals surface area contributed by atoms with Crippen LogP contribution in [0.25, 0.3) is 0 Å². The SMILES string of the molecule is Cc1ccc(C(=O)NC(C(=O)O)c2ccccc2)cc1N. The molecule has 0 aliphatic heterocycles. The highest BCUT2D eigenvalue weighted by Gasteiger charge is 2.22. The van der Waals surface area contributed by atoms with Gasteiger partial charge in [0.25, 0.3) is 5.91 Å². The first kappa shape index (κ1) is 14.6. The molecule has 1 amide bonds. The molecule has 0 aliphatic carbocycles. The molecule has 21 heavy (non-hydrogen) atoms. The topological polar surface area (TPSA) is 92.4 Å². The van der Waals surface area contributed by atoms with Crippen LogP contribution in [0, 0.1) is 6.92 Å². The number of rotatable bonds is 4. The predicted octanol–water partition coefficient (Wildman–Crippen LogP) is 2.13. The highest BCUT2D eigenvalue weighted by Crippen LogP contribution is 2.16. The molecule has 2 aromatic rings. The minimum atomic E-state index is -1.12. The van der Waals surface area contributed by atoms with Gasteiger partial charge >= 0.3 is 5.97 Å². The van der Waals surface area contributed by atoms with Crippen molar-refractivity contribution in [3.05, 3.63) is 65.2 Å². The van der Waals surface area contributed by atoms with E-state index >= 15 is 0 Å². The number of hydrogen-bond donors (Lipinski definition) is 3. The fraction of sp³-hybridized carbons (Fsp3) is 0.125. The van der Waals surface area contributed by atoms with Gasteiger partial charge in [-0.2, -0.15) is 0 Å².